The molecule has 4 heteroatoms. The molecule has 0 fully saturated rings. The Morgan fingerprint density at radius 3 is 3.00 bits per heavy atom. The Bertz CT molecular complexity index is 369. The van der Waals surface area contributed by atoms with Crippen molar-refractivity contribution in [2.45, 2.75) is 26.2 Å². The molecule has 0 aliphatic carbocycles. The number of halogens is 1. The average molecular weight is 270 g/mol. The molecule has 18 heavy (non-hydrogen) atoms. The van der Waals surface area contributed by atoms with Crippen LogP contribution in [-0.4, -0.2) is 24.9 Å². The van der Waals surface area contributed by atoms with Crippen LogP contribution in [0.2, 0.25) is 0 Å². The Morgan fingerprint density at radius 1 is 1.44 bits per heavy atom. The van der Waals surface area contributed by atoms with E-state index in [0.717, 1.165) is 30.8 Å². The van der Waals surface area contributed by atoms with Crippen molar-refractivity contribution < 1.29 is 9.53 Å². The highest BCUT2D eigenvalue weighted by Gasteiger charge is 2.00. The number of carbonyl (C=O) groups is 1. The molecule has 0 unspecified atom stereocenters. The summed E-state index contributed by atoms with van der Waals surface area (Å²) >= 11 is 5.48. The normalized spacial score (nSPS) is 10.1. The molecule has 1 aromatic carbocycles. The van der Waals surface area contributed by atoms with Gasteiger partial charge in [-0.3, -0.25) is 4.79 Å². The standard InChI is InChI=1S/C14H20ClNO2/c1-2-10-18-13-5-3-4-12(11-13)7-9-16-14(17)6-8-15/h3-5,11H,2,6-10H2,1H3,(H,16,17). The SMILES string of the molecule is CCCOc1cccc(CCNC(=O)CCCl)c1. The number of benzene rings is 1. The first kappa shape index (κ1) is 14.8. The summed E-state index contributed by atoms with van der Waals surface area (Å²) in [5.41, 5.74) is 1.16. The number of alkyl halides is 1. The number of ether oxygens (including phenoxy) is 1. The molecule has 0 heterocycles. The van der Waals surface area contributed by atoms with Gasteiger partial charge in [-0.25, -0.2) is 0 Å². The van der Waals surface area contributed by atoms with Gasteiger partial charge in [-0.2, -0.15) is 0 Å². The third-order valence-corrected chi connectivity index (χ3v) is 2.62. The van der Waals surface area contributed by atoms with Crippen molar-refractivity contribution in [2.24, 2.45) is 0 Å². The van der Waals surface area contributed by atoms with Gasteiger partial charge in [0.15, 0.2) is 0 Å². The molecule has 0 aromatic heterocycles. The van der Waals surface area contributed by atoms with Gasteiger partial charge in [-0.05, 0) is 30.5 Å². The molecule has 1 aromatic rings. The minimum Gasteiger partial charge on any atom is -0.494 e. The molecule has 0 saturated carbocycles. The zero-order chi connectivity index (χ0) is 13.2. The van der Waals surface area contributed by atoms with Gasteiger partial charge >= 0.3 is 0 Å². The van der Waals surface area contributed by atoms with Gasteiger partial charge < -0.3 is 10.1 Å². The smallest absolute Gasteiger partial charge is 0.221 e. The van der Waals surface area contributed by atoms with Gasteiger partial charge in [0.1, 0.15) is 5.75 Å². The molecule has 1 rings (SSSR count). The molecule has 0 aliphatic rings. The number of carbonyl (C=O) groups excluding carboxylic acids is 1. The highest BCUT2D eigenvalue weighted by Crippen LogP contribution is 2.13. The van der Waals surface area contributed by atoms with Crippen molar-refractivity contribution >= 4 is 17.5 Å². The Kier molecular flexibility index (Phi) is 7.26. The van der Waals surface area contributed by atoms with Crippen LogP contribution in [0.1, 0.15) is 25.3 Å². The third kappa shape index (κ3) is 5.92. The Morgan fingerprint density at radius 2 is 2.28 bits per heavy atom. The molecule has 3 nitrogen and oxygen atoms in total. The van der Waals surface area contributed by atoms with Crippen molar-refractivity contribution in [1.82, 2.24) is 5.32 Å². The first-order valence-corrected chi connectivity index (χ1v) is 6.84. The Labute approximate surface area is 113 Å². The topological polar surface area (TPSA) is 38.3 Å². The van der Waals surface area contributed by atoms with E-state index in [1.54, 1.807) is 0 Å². The summed E-state index contributed by atoms with van der Waals surface area (Å²) in [6, 6.07) is 7.97. The second-order valence-corrected chi connectivity index (χ2v) is 4.41. The van der Waals surface area contributed by atoms with Gasteiger partial charge in [0.25, 0.3) is 0 Å². The van der Waals surface area contributed by atoms with Crippen LogP contribution >= 0.6 is 11.6 Å². The molecule has 0 saturated heterocycles. The lowest BCUT2D eigenvalue weighted by molar-refractivity contribution is -0.120. The maximum Gasteiger partial charge on any atom is 0.221 e. The van der Waals surface area contributed by atoms with E-state index in [9.17, 15) is 4.79 Å². The summed E-state index contributed by atoms with van der Waals surface area (Å²) in [5.74, 6) is 1.26. The van der Waals surface area contributed by atoms with E-state index in [4.69, 9.17) is 16.3 Å². The first-order chi connectivity index (χ1) is 8.76. The summed E-state index contributed by atoms with van der Waals surface area (Å²) in [6.45, 7) is 3.44. The zero-order valence-corrected chi connectivity index (χ0v) is 11.5. The van der Waals surface area contributed by atoms with Crippen LogP contribution in [0, 0.1) is 0 Å². The van der Waals surface area contributed by atoms with E-state index in [0.29, 0.717) is 18.8 Å². The van der Waals surface area contributed by atoms with E-state index in [1.807, 2.05) is 24.3 Å². The fourth-order valence-electron chi connectivity index (χ4n) is 1.53. The maximum atomic E-state index is 11.2. The largest absolute Gasteiger partial charge is 0.494 e. The predicted octanol–water partition coefficient (Wildman–Crippen LogP) is 2.76. The number of hydrogen-bond donors (Lipinski definition) is 1. The van der Waals surface area contributed by atoms with E-state index < -0.39 is 0 Å². The van der Waals surface area contributed by atoms with Gasteiger partial charge in [-0.1, -0.05) is 19.1 Å². The monoisotopic (exact) mass is 269 g/mol. The van der Waals surface area contributed by atoms with Gasteiger partial charge in [0.2, 0.25) is 5.91 Å². The lowest BCUT2D eigenvalue weighted by Gasteiger charge is -2.07. The van der Waals surface area contributed by atoms with Crippen molar-refractivity contribution in [1.29, 1.82) is 0 Å². The van der Waals surface area contributed by atoms with E-state index in [-0.39, 0.29) is 5.91 Å². The van der Waals surface area contributed by atoms with Crippen LogP contribution in [0.15, 0.2) is 24.3 Å². The highest BCUT2D eigenvalue weighted by molar-refractivity contribution is 6.18. The molecule has 0 radical (unpaired) electrons. The van der Waals surface area contributed by atoms with E-state index in [2.05, 4.69) is 12.2 Å². The second-order valence-electron chi connectivity index (χ2n) is 4.03. The number of nitrogens with one attached hydrogen (secondary N) is 1. The summed E-state index contributed by atoms with van der Waals surface area (Å²) < 4.78 is 5.56. The van der Waals surface area contributed by atoms with Crippen LogP contribution in [-0.2, 0) is 11.2 Å². The molecule has 1 amide bonds. The minimum absolute atomic E-state index is 0.00314. The number of amides is 1. The second kappa shape index (κ2) is 8.81. The maximum absolute atomic E-state index is 11.2. The van der Waals surface area contributed by atoms with Gasteiger partial charge in [0, 0.05) is 18.8 Å². The highest BCUT2D eigenvalue weighted by atomic mass is 35.5. The third-order valence-electron chi connectivity index (χ3n) is 2.43. The summed E-state index contributed by atoms with van der Waals surface area (Å²) in [5, 5.41) is 2.83. The fourth-order valence-corrected chi connectivity index (χ4v) is 1.70. The van der Waals surface area contributed by atoms with Crippen molar-refractivity contribution in [3.8, 4) is 5.75 Å². The molecule has 0 aliphatic heterocycles. The van der Waals surface area contributed by atoms with Crippen LogP contribution in [0.25, 0.3) is 0 Å². The van der Waals surface area contributed by atoms with Crippen molar-refractivity contribution in [2.75, 3.05) is 19.0 Å². The predicted molar refractivity (Wildman–Crippen MR) is 74.3 cm³/mol. The van der Waals surface area contributed by atoms with Crippen molar-refractivity contribution in [3.05, 3.63) is 29.8 Å². The number of hydrogen-bond acceptors (Lipinski definition) is 2. The summed E-state index contributed by atoms with van der Waals surface area (Å²) in [4.78, 5) is 11.2. The minimum atomic E-state index is 0.00314. The molecular formula is C14H20ClNO2. The summed E-state index contributed by atoms with van der Waals surface area (Å²) in [7, 11) is 0. The quantitative estimate of drug-likeness (QED) is 0.737. The molecule has 0 bridgehead atoms. The zero-order valence-electron chi connectivity index (χ0n) is 10.7. The van der Waals surface area contributed by atoms with Crippen LogP contribution < -0.4 is 10.1 Å². The van der Waals surface area contributed by atoms with E-state index >= 15 is 0 Å². The molecule has 100 valence electrons. The molecule has 1 N–H and O–H groups in total. The van der Waals surface area contributed by atoms with E-state index in [1.165, 1.54) is 0 Å². The van der Waals surface area contributed by atoms with Crippen LogP contribution in [0.3, 0.4) is 0 Å². The van der Waals surface area contributed by atoms with Gasteiger partial charge in [0.05, 0.1) is 6.61 Å². The van der Waals surface area contributed by atoms with Crippen molar-refractivity contribution in [3.63, 3.8) is 0 Å². The first-order valence-electron chi connectivity index (χ1n) is 6.30. The molecule has 0 atom stereocenters. The lowest BCUT2D eigenvalue weighted by Crippen LogP contribution is -2.25. The van der Waals surface area contributed by atoms with Gasteiger partial charge in [-0.15, -0.1) is 11.6 Å². The van der Waals surface area contributed by atoms with Crippen LogP contribution in [0.5, 0.6) is 5.75 Å². The molecule has 0 spiro atoms. The fraction of sp³-hybridized carbons (Fsp3) is 0.500. The molecular weight excluding hydrogens is 250 g/mol. The Hall–Kier alpha value is -1.22. The Balaban J connectivity index is 2.35. The average Bonchev–Trinajstić information content (AvgIpc) is 2.37. The lowest BCUT2D eigenvalue weighted by atomic mass is 10.1. The number of rotatable bonds is 8. The van der Waals surface area contributed by atoms with Crippen LogP contribution in [0.4, 0.5) is 0 Å². The summed E-state index contributed by atoms with van der Waals surface area (Å²) in [6.07, 6.45) is 2.18.